The Kier molecular flexibility index (Phi) is 4.96. The molecule has 0 aliphatic carbocycles. The number of aliphatic hydroxyl groups is 1. The summed E-state index contributed by atoms with van der Waals surface area (Å²) in [6.45, 7) is 12.2. The van der Waals surface area contributed by atoms with Crippen LogP contribution >= 0.6 is 0 Å². The largest absolute Gasteiger partial charge is 0.388 e. The number of carbonyl (C=O) groups is 1. The molecule has 0 bridgehead atoms. The molecule has 0 saturated carbocycles. The molecule has 5 heteroatoms. The average Bonchev–Trinajstić information content (AvgIpc) is 2.54. The Balaban J connectivity index is 1.80. The number of rotatable bonds is 3. The number of carbonyl (C=O) groups excluding carboxylic acids is 1. The van der Waals surface area contributed by atoms with Gasteiger partial charge in [-0.2, -0.15) is 0 Å². The van der Waals surface area contributed by atoms with Crippen molar-refractivity contribution < 1.29 is 9.90 Å². The third-order valence-corrected chi connectivity index (χ3v) is 5.35. The van der Waals surface area contributed by atoms with Gasteiger partial charge in [-0.1, -0.05) is 13.8 Å². The second-order valence-corrected chi connectivity index (χ2v) is 7.66. The van der Waals surface area contributed by atoms with Crippen LogP contribution in [-0.4, -0.2) is 84.2 Å². The maximum absolute atomic E-state index is 12.4. The Morgan fingerprint density at radius 2 is 1.81 bits per heavy atom. The van der Waals surface area contributed by atoms with Gasteiger partial charge in [-0.05, 0) is 33.5 Å². The number of likely N-dealkylation sites (N-methyl/N-ethyl adjacent to an activating group) is 1. The van der Waals surface area contributed by atoms with Gasteiger partial charge in [0.15, 0.2) is 0 Å². The zero-order valence-corrected chi connectivity index (χ0v) is 14.1. The second kappa shape index (κ2) is 6.23. The normalized spacial score (nSPS) is 31.4. The molecular formula is C16H31N3O2. The van der Waals surface area contributed by atoms with Gasteiger partial charge in [0.2, 0.25) is 5.91 Å². The number of nitrogens with zero attached hydrogens (tertiary/aromatic N) is 3. The molecule has 2 saturated heterocycles. The lowest BCUT2D eigenvalue weighted by Crippen LogP contribution is -2.40. The van der Waals surface area contributed by atoms with E-state index >= 15 is 0 Å². The highest BCUT2D eigenvalue weighted by molar-refractivity contribution is 5.77. The van der Waals surface area contributed by atoms with Gasteiger partial charge in [-0.25, -0.2) is 0 Å². The smallest absolute Gasteiger partial charge is 0.223 e. The van der Waals surface area contributed by atoms with Crippen molar-refractivity contribution in [2.75, 3.05) is 52.9 Å². The monoisotopic (exact) mass is 297 g/mol. The quantitative estimate of drug-likeness (QED) is 0.830. The van der Waals surface area contributed by atoms with Gasteiger partial charge < -0.3 is 19.8 Å². The summed E-state index contributed by atoms with van der Waals surface area (Å²) in [7, 11) is 2.16. The van der Waals surface area contributed by atoms with Crippen LogP contribution in [0.25, 0.3) is 0 Å². The van der Waals surface area contributed by atoms with E-state index in [-0.39, 0.29) is 11.3 Å². The molecule has 0 aromatic heterocycles. The van der Waals surface area contributed by atoms with Crippen LogP contribution < -0.4 is 0 Å². The molecule has 0 aromatic carbocycles. The van der Waals surface area contributed by atoms with Crippen LogP contribution in [0.4, 0.5) is 0 Å². The van der Waals surface area contributed by atoms with Crippen LogP contribution in [-0.2, 0) is 4.79 Å². The van der Waals surface area contributed by atoms with E-state index in [0.717, 1.165) is 32.7 Å². The Morgan fingerprint density at radius 3 is 2.43 bits per heavy atom. The third-order valence-electron chi connectivity index (χ3n) is 5.35. The van der Waals surface area contributed by atoms with Crippen LogP contribution in [0, 0.1) is 5.41 Å². The number of hydrogen-bond donors (Lipinski definition) is 1. The molecule has 0 aromatic rings. The summed E-state index contributed by atoms with van der Waals surface area (Å²) in [4.78, 5) is 19.0. The van der Waals surface area contributed by atoms with E-state index < -0.39 is 5.60 Å². The van der Waals surface area contributed by atoms with Crippen molar-refractivity contribution in [3.05, 3.63) is 0 Å². The SMILES string of the molecule is CN1CCCN(CCC(=O)N2CC(C)(C)[C@](C)(O)C2)CC1. The fraction of sp³-hybridized carbons (Fsp3) is 0.938. The predicted molar refractivity (Wildman–Crippen MR) is 84.2 cm³/mol. The summed E-state index contributed by atoms with van der Waals surface area (Å²) in [5.74, 6) is 0.179. The Labute approximate surface area is 128 Å². The molecule has 2 fully saturated rings. The first-order valence-electron chi connectivity index (χ1n) is 8.12. The summed E-state index contributed by atoms with van der Waals surface area (Å²) in [6, 6.07) is 0. The molecule has 1 atom stereocenters. The molecule has 5 nitrogen and oxygen atoms in total. The van der Waals surface area contributed by atoms with E-state index in [0.29, 0.717) is 19.5 Å². The first-order valence-corrected chi connectivity index (χ1v) is 8.12. The lowest BCUT2D eigenvalue weighted by Gasteiger charge is -2.30. The molecule has 2 aliphatic rings. The van der Waals surface area contributed by atoms with Gasteiger partial charge in [0.05, 0.1) is 5.60 Å². The molecule has 122 valence electrons. The molecule has 21 heavy (non-hydrogen) atoms. The molecule has 0 radical (unpaired) electrons. The van der Waals surface area contributed by atoms with Gasteiger partial charge in [0, 0.05) is 44.6 Å². The first kappa shape index (κ1) is 16.7. The van der Waals surface area contributed by atoms with Gasteiger partial charge in [0.1, 0.15) is 0 Å². The molecule has 0 unspecified atom stereocenters. The highest BCUT2D eigenvalue weighted by Crippen LogP contribution is 2.38. The molecule has 0 spiro atoms. The van der Waals surface area contributed by atoms with E-state index in [9.17, 15) is 9.90 Å². The maximum Gasteiger partial charge on any atom is 0.223 e. The molecule has 2 heterocycles. The minimum absolute atomic E-state index is 0.179. The summed E-state index contributed by atoms with van der Waals surface area (Å²) >= 11 is 0. The van der Waals surface area contributed by atoms with Crippen molar-refractivity contribution in [2.45, 2.75) is 39.2 Å². The lowest BCUT2D eigenvalue weighted by molar-refractivity contribution is -0.131. The van der Waals surface area contributed by atoms with Crippen LogP contribution in [0.5, 0.6) is 0 Å². The highest BCUT2D eigenvalue weighted by atomic mass is 16.3. The van der Waals surface area contributed by atoms with E-state index in [1.165, 1.54) is 6.42 Å². The minimum Gasteiger partial charge on any atom is -0.388 e. The number of amides is 1. The van der Waals surface area contributed by atoms with Crippen molar-refractivity contribution in [3.63, 3.8) is 0 Å². The number of hydrogen-bond acceptors (Lipinski definition) is 4. The van der Waals surface area contributed by atoms with Crippen molar-refractivity contribution >= 4 is 5.91 Å². The first-order chi connectivity index (χ1) is 9.71. The van der Waals surface area contributed by atoms with Gasteiger partial charge in [-0.3, -0.25) is 4.79 Å². The third kappa shape index (κ3) is 3.96. The van der Waals surface area contributed by atoms with Gasteiger partial charge in [-0.15, -0.1) is 0 Å². The molecule has 1 amide bonds. The van der Waals surface area contributed by atoms with Crippen molar-refractivity contribution in [1.82, 2.24) is 14.7 Å². The minimum atomic E-state index is -0.784. The van der Waals surface area contributed by atoms with E-state index in [1.807, 2.05) is 25.7 Å². The predicted octanol–water partition coefficient (Wildman–Crippen LogP) is 0.633. The molecular weight excluding hydrogens is 266 g/mol. The zero-order chi connectivity index (χ0) is 15.7. The Morgan fingerprint density at radius 1 is 1.10 bits per heavy atom. The standard InChI is InChI=1S/C16H31N3O2/c1-15(2)12-19(13-16(15,3)21)14(20)6-9-18-8-5-7-17(4)10-11-18/h21H,5-13H2,1-4H3/t16-/m1/s1. The summed E-state index contributed by atoms with van der Waals surface area (Å²) in [6.07, 6.45) is 1.74. The molecule has 1 N–H and O–H groups in total. The molecule has 2 rings (SSSR count). The highest BCUT2D eigenvalue weighted by Gasteiger charge is 2.48. The van der Waals surface area contributed by atoms with E-state index in [4.69, 9.17) is 0 Å². The van der Waals surface area contributed by atoms with Crippen LogP contribution in [0.1, 0.15) is 33.6 Å². The Hall–Kier alpha value is -0.650. The van der Waals surface area contributed by atoms with Crippen LogP contribution in [0.2, 0.25) is 0 Å². The van der Waals surface area contributed by atoms with Crippen molar-refractivity contribution in [1.29, 1.82) is 0 Å². The molecule has 2 aliphatic heterocycles. The van der Waals surface area contributed by atoms with Crippen molar-refractivity contribution in [2.24, 2.45) is 5.41 Å². The lowest BCUT2D eigenvalue weighted by atomic mass is 9.79. The number of likely N-dealkylation sites (tertiary alicyclic amines) is 1. The average molecular weight is 297 g/mol. The fourth-order valence-corrected chi connectivity index (χ4v) is 3.20. The van der Waals surface area contributed by atoms with Crippen LogP contribution in [0.15, 0.2) is 0 Å². The summed E-state index contributed by atoms with van der Waals surface area (Å²) in [5, 5.41) is 10.4. The van der Waals surface area contributed by atoms with Crippen LogP contribution in [0.3, 0.4) is 0 Å². The topological polar surface area (TPSA) is 47.0 Å². The number of β-amino-alcohol motifs (C(OH)–C–C–N with tert-alkyl or cyclic N) is 1. The van der Waals surface area contributed by atoms with Crippen molar-refractivity contribution in [3.8, 4) is 0 Å². The fourth-order valence-electron chi connectivity index (χ4n) is 3.20. The van der Waals surface area contributed by atoms with Gasteiger partial charge in [0.25, 0.3) is 0 Å². The van der Waals surface area contributed by atoms with E-state index in [2.05, 4.69) is 16.8 Å². The Bertz CT molecular complexity index is 366. The summed E-state index contributed by atoms with van der Waals surface area (Å²) < 4.78 is 0. The van der Waals surface area contributed by atoms with Gasteiger partial charge >= 0.3 is 0 Å². The second-order valence-electron chi connectivity index (χ2n) is 7.66. The zero-order valence-electron chi connectivity index (χ0n) is 14.1. The maximum atomic E-state index is 12.4. The van der Waals surface area contributed by atoms with E-state index in [1.54, 1.807) is 0 Å². The summed E-state index contributed by atoms with van der Waals surface area (Å²) in [5.41, 5.74) is -1.01.